The van der Waals surface area contributed by atoms with Crippen molar-refractivity contribution in [1.82, 2.24) is 0 Å². The number of amides is 1. The quantitative estimate of drug-likeness (QED) is 0.774. The highest BCUT2D eigenvalue weighted by Crippen LogP contribution is 2.30. The van der Waals surface area contributed by atoms with Gasteiger partial charge in [-0.05, 0) is 24.3 Å². The van der Waals surface area contributed by atoms with Crippen molar-refractivity contribution in [3.05, 3.63) is 54.6 Å². The number of hydrogen-bond donors (Lipinski definition) is 1. The first-order chi connectivity index (χ1) is 10.9. The number of alkyl halides is 3. The Kier molecular flexibility index (Phi) is 5.92. The minimum atomic E-state index is -4.80. The van der Waals surface area contributed by atoms with Crippen molar-refractivity contribution in [2.75, 3.05) is 11.1 Å². The monoisotopic (exact) mass is 341 g/mol. The molecule has 7 heteroatoms. The number of halogens is 3. The molecule has 1 N–H and O–H groups in total. The average molecular weight is 341 g/mol. The van der Waals surface area contributed by atoms with Crippen LogP contribution in [0.4, 0.5) is 18.9 Å². The van der Waals surface area contributed by atoms with Crippen LogP contribution in [0.25, 0.3) is 0 Å². The van der Waals surface area contributed by atoms with E-state index < -0.39 is 12.1 Å². The first kappa shape index (κ1) is 17.2. The van der Waals surface area contributed by atoms with Gasteiger partial charge < -0.3 is 10.1 Å². The molecule has 2 aromatic rings. The molecule has 3 nitrogen and oxygen atoms in total. The van der Waals surface area contributed by atoms with Crippen molar-refractivity contribution < 1.29 is 22.7 Å². The van der Waals surface area contributed by atoms with Gasteiger partial charge >= 0.3 is 6.36 Å². The number of para-hydroxylation sites is 2. The van der Waals surface area contributed by atoms with Crippen molar-refractivity contribution in [2.24, 2.45) is 0 Å². The molecular weight excluding hydrogens is 327 g/mol. The van der Waals surface area contributed by atoms with Gasteiger partial charge in [-0.15, -0.1) is 24.9 Å². The summed E-state index contributed by atoms with van der Waals surface area (Å²) < 4.78 is 40.8. The minimum Gasteiger partial charge on any atom is -0.404 e. The van der Waals surface area contributed by atoms with E-state index in [4.69, 9.17) is 0 Å². The molecule has 0 aliphatic carbocycles. The summed E-state index contributed by atoms with van der Waals surface area (Å²) in [5.41, 5.74) is -0.000430. The zero-order valence-electron chi connectivity index (χ0n) is 12.0. The summed E-state index contributed by atoms with van der Waals surface area (Å²) in [6.45, 7) is 0. The predicted octanol–water partition coefficient (Wildman–Crippen LogP) is 4.71. The molecule has 1 amide bonds. The lowest BCUT2D eigenvalue weighted by Crippen LogP contribution is -2.19. The molecule has 0 fully saturated rings. The topological polar surface area (TPSA) is 38.3 Å². The molecule has 0 unspecified atom stereocenters. The molecule has 2 aromatic carbocycles. The number of nitrogens with one attached hydrogen (secondary N) is 1. The van der Waals surface area contributed by atoms with Gasteiger partial charge in [0.1, 0.15) is 0 Å². The Morgan fingerprint density at radius 2 is 1.70 bits per heavy atom. The number of thioether (sulfide) groups is 1. The number of rotatable bonds is 6. The van der Waals surface area contributed by atoms with Gasteiger partial charge in [0.05, 0.1) is 5.69 Å². The van der Waals surface area contributed by atoms with Gasteiger partial charge in [-0.1, -0.05) is 30.3 Å². The van der Waals surface area contributed by atoms with Crippen LogP contribution in [0, 0.1) is 0 Å². The molecule has 2 rings (SSSR count). The van der Waals surface area contributed by atoms with Crippen molar-refractivity contribution in [3.63, 3.8) is 0 Å². The molecule has 0 bridgehead atoms. The number of anilines is 1. The van der Waals surface area contributed by atoms with Crippen molar-refractivity contribution in [1.29, 1.82) is 0 Å². The van der Waals surface area contributed by atoms with Crippen molar-refractivity contribution >= 4 is 23.4 Å². The SMILES string of the molecule is O=C(CCSc1ccccc1)Nc1ccccc1OC(F)(F)F. The normalized spacial score (nSPS) is 11.1. The Hall–Kier alpha value is -2.15. The van der Waals surface area contributed by atoms with Gasteiger partial charge in [0.2, 0.25) is 5.91 Å². The second kappa shape index (κ2) is 7.92. The second-order valence-electron chi connectivity index (χ2n) is 4.50. The third-order valence-corrected chi connectivity index (χ3v) is 3.74. The maximum atomic E-state index is 12.3. The van der Waals surface area contributed by atoms with Gasteiger partial charge in [-0.2, -0.15) is 0 Å². The number of hydrogen-bond acceptors (Lipinski definition) is 3. The lowest BCUT2D eigenvalue weighted by molar-refractivity contribution is -0.274. The van der Waals surface area contributed by atoms with Crippen molar-refractivity contribution in [2.45, 2.75) is 17.7 Å². The highest BCUT2D eigenvalue weighted by Gasteiger charge is 2.32. The molecule has 0 saturated carbocycles. The second-order valence-corrected chi connectivity index (χ2v) is 5.67. The summed E-state index contributed by atoms with van der Waals surface area (Å²) in [5.74, 6) is -0.270. The molecular formula is C16H14F3NO2S. The third-order valence-electron chi connectivity index (χ3n) is 2.73. The summed E-state index contributed by atoms with van der Waals surface area (Å²) in [4.78, 5) is 12.9. The van der Waals surface area contributed by atoms with Gasteiger partial charge in [0, 0.05) is 17.1 Å². The molecule has 0 heterocycles. The summed E-state index contributed by atoms with van der Waals surface area (Å²) in [6.07, 6.45) is -4.62. The van der Waals surface area contributed by atoms with Crippen LogP contribution in [0.15, 0.2) is 59.5 Å². The zero-order chi connectivity index (χ0) is 16.7. The standard InChI is InChI=1S/C16H14F3NO2S/c17-16(18,19)22-14-9-5-4-8-13(14)20-15(21)10-11-23-12-6-2-1-3-7-12/h1-9H,10-11H2,(H,20,21). The van der Waals surface area contributed by atoms with Crippen molar-refractivity contribution in [3.8, 4) is 5.75 Å². The predicted molar refractivity (Wildman–Crippen MR) is 83.5 cm³/mol. The lowest BCUT2D eigenvalue weighted by Gasteiger charge is -2.13. The molecule has 122 valence electrons. The molecule has 0 aliphatic heterocycles. The van der Waals surface area contributed by atoms with Crippen LogP contribution >= 0.6 is 11.8 Å². The summed E-state index contributed by atoms with van der Waals surface area (Å²) in [6, 6.07) is 15.0. The molecule has 0 spiro atoms. The number of carbonyl (C=O) groups is 1. The fourth-order valence-corrected chi connectivity index (χ4v) is 2.65. The van der Waals surface area contributed by atoms with Crippen LogP contribution in [0.2, 0.25) is 0 Å². The number of benzene rings is 2. The molecule has 0 aromatic heterocycles. The van der Waals surface area contributed by atoms with E-state index in [0.717, 1.165) is 11.0 Å². The summed E-state index contributed by atoms with van der Waals surface area (Å²) in [7, 11) is 0. The molecule has 0 aliphatic rings. The highest BCUT2D eigenvalue weighted by atomic mass is 32.2. The van der Waals surface area contributed by atoms with Crippen LogP contribution in [0.5, 0.6) is 5.75 Å². The molecule has 0 saturated heterocycles. The van der Waals surface area contributed by atoms with Crippen LogP contribution in [-0.4, -0.2) is 18.0 Å². The number of carbonyl (C=O) groups excluding carboxylic acids is 1. The Labute approximate surface area is 135 Å². The Morgan fingerprint density at radius 1 is 1.04 bits per heavy atom. The van der Waals surface area contributed by atoms with Crippen LogP contribution < -0.4 is 10.1 Å². The van der Waals surface area contributed by atoms with E-state index in [1.165, 1.54) is 30.0 Å². The first-order valence-corrected chi connectivity index (χ1v) is 7.75. The van der Waals surface area contributed by atoms with E-state index in [1.807, 2.05) is 30.3 Å². The van der Waals surface area contributed by atoms with E-state index in [2.05, 4.69) is 10.1 Å². The maximum absolute atomic E-state index is 12.3. The van der Waals surface area contributed by atoms with Gasteiger partial charge in [-0.25, -0.2) is 0 Å². The van der Waals surface area contributed by atoms with E-state index in [1.54, 1.807) is 0 Å². The summed E-state index contributed by atoms with van der Waals surface area (Å²) in [5, 5.41) is 2.44. The zero-order valence-corrected chi connectivity index (χ0v) is 12.8. The van der Waals surface area contributed by atoms with E-state index >= 15 is 0 Å². The number of ether oxygens (including phenoxy) is 1. The van der Waals surface area contributed by atoms with Gasteiger partial charge in [0.25, 0.3) is 0 Å². The van der Waals surface area contributed by atoms with E-state index in [-0.39, 0.29) is 18.0 Å². The molecule has 23 heavy (non-hydrogen) atoms. The Balaban J connectivity index is 1.88. The van der Waals surface area contributed by atoms with Gasteiger partial charge in [0.15, 0.2) is 5.75 Å². The smallest absolute Gasteiger partial charge is 0.404 e. The van der Waals surface area contributed by atoms with Crippen LogP contribution in [0.1, 0.15) is 6.42 Å². The van der Waals surface area contributed by atoms with Crippen LogP contribution in [0.3, 0.4) is 0 Å². The Morgan fingerprint density at radius 3 is 2.39 bits per heavy atom. The largest absolute Gasteiger partial charge is 0.573 e. The lowest BCUT2D eigenvalue weighted by atomic mass is 10.3. The average Bonchev–Trinajstić information content (AvgIpc) is 2.49. The van der Waals surface area contributed by atoms with Crippen LogP contribution in [-0.2, 0) is 4.79 Å². The van der Waals surface area contributed by atoms with E-state index in [9.17, 15) is 18.0 Å². The van der Waals surface area contributed by atoms with E-state index in [0.29, 0.717) is 5.75 Å². The Bertz CT molecular complexity index is 647. The third kappa shape index (κ3) is 6.23. The maximum Gasteiger partial charge on any atom is 0.573 e. The van der Waals surface area contributed by atoms with Gasteiger partial charge in [-0.3, -0.25) is 4.79 Å². The highest BCUT2D eigenvalue weighted by molar-refractivity contribution is 7.99. The molecule has 0 atom stereocenters. The molecule has 0 radical (unpaired) electrons. The fourth-order valence-electron chi connectivity index (χ4n) is 1.77. The minimum absolute atomic E-state index is 0.000430. The fraction of sp³-hybridized carbons (Fsp3) is 0.188. The first-order valence-electron chi connectivity index (χ1n) is 6.76. The summed E-state index contributed by atoms with van der Waals surface area (Å²) >= 11 is 1.50.